The first-order chi connectivity index (χ1) is 10.7. The van der Waals surface area contributed by atoms with Crippen molar-refractivity contribution >= 4 is 17.7 Å². The van der Waals surface area contributed by atoms with E-state index in [0.29, 0.717) is 10.9 Å². The number of aromatic nitrogens is 2. The van der Waals surface area contributed by atoms with Gasteiger partial charge in [0.05, 0.1) is 17.6 Å². The minimum atomic E-state index is -0.259. The van der Waals surface area contributed by atoms with Gasteiger partial charge in [-0.1, -0.05) is 11.8 Å². The Morgan fingerprint density at radius 3 is 2.61 bits per heavy atom. The predicted octanol–water partition coefficient (Wildman–Crippen LogP) is 0.324. The summed E-state index contributed by atoms with van der Waals surface area (Å²) in [6.07, 6.45) is 5.13. The molecule has 0 bridgehead atoms. The number of nitrogens with zero attached hydrogens (tertiary/aromatic N) is 2. The first-order valence-corrected chi connectivity index (χ1v) is 8.42. The number of thioether (sulfide) groups is 1. The maximum Gasteiger partial charge on any atom is 0.233 e. The van der Waals surface area contributed by atoms with Crippen molar-refractivity contribution in [1.82, 2.24) is 14.9 Å². The fourth-order valence-corrected chi connectivity index (χ4v) is 3.27. The highest BCUT2D eigenvalue weighted by Gasteiger charge is 2.17. The van der Waals surface area contributed by atoms with Crippen molar-refractivity contribution in [3.63, 3.8) is 0 Å². The number of piperidine rings is 1. The molecule has 2 heterocycles. The van der Waals surface area contributed by atoms with E-state index in [4.69, 9.17) is 0 Å². The van der Waals surface area contributed by atoms with Gasteiger partial charge < -0.3 is 22.3 Å². The summed E-state index contributed by atoms with van der Waals surface area (Å²) >= 11 is 1.41. The standard InChI is InChI=1S/C16H18FN3OS.ClH/c17-13-6-4-12(5-7-13)14-10-18-16(19-14)22-11-15(21)20-8-2-1-3-9-20;/h4-7,10H,1-3,8-9,11H2,(H,18,19);1H/p-1. The Labute approximate surface area is 145 Å². The SMILES string of the molecule is O=C(CSc1ncc(-c2ccc(F)cc2)[nH]1)N1CCCCC1.[Cl-]. The van der Waals surface area contributed by atoms with Crippen molar-refractivity contribution in [3.05, 3.63) is 36.3 Å². The summed E-state index contributed by atoms with van der Waals surface area (Å²) in [6.45, 7) is 1.75. The summed E-state index contributed by atoms with van der Waals surface area (Å²) in [6, 6.07) is 6.25. The molecular weight excluding hydrogens is 337 g/mol. The highest BCUT2D eigenvalue weighted by Crippen LogP contribution is 2.22. The molecule has 1 N–H and O–H groups in total. The fourth-order valence-electron chi connectivity index (χ4n) is 2.52. The number of imidazole rings is 1. The molecule has 1 aromatic heterocycles. The molecule has 23 heavy (non-hydrogen) atoms. The van der Waals surface area contributed by atoms with Crippen LogP contribution in [0.1, 0.15) is 19.3 Å². The number of likely N-dealkylation sites (tertiary alicyclic amines) is 1. The number of nitrogens with one attached hydrogen (secondary N) is 1. The van der Waals surface area contributed by atoms with Crippen molar-refractivity contribution in [2.24, 2.45) is 0 Å². The van der Waals surface area contributed by atoms with Crippen molar-refractivity contribution in [1.29, 1.82) is 0 Å². The van der Waals surface area contributed by atoms with E-state index >= 15 is 0 Å². The Morgan fingerprint density at radius 1 is 1.22 bits per heavy atom. The van der Waals surface area contributed by atoms with Crippen LogP contribution in [0.2, 0.25) is 0 Å². The van der Waals surface area contributed by atoms with Crippen LogP contribution in [0, 0.1) is 5.82 Å². The molecule has 0 radical (unpaired) electrons. The molecule has 1 aliphatic rings. The van der Waals surface area contributed by atoms with Gasteiger partial charge in [-0.05, 0) is 49.1 Å². The van der Waals surface area contributed by atoms with Gasteiger partial charge >= 0.3 is 0 Å². The number of hydrogen-bond acceptors (Lipinski definition) is 3. The lowest BCUT2D eigenvalue weighted by molar-refractivity contribution is -0.129. The molecule has 3 rings (SSSR count). The van der Waals surface area contributed by atoms with Gasteiger partial charge in [0.15, 0.2) is 5.16 Å². The third-order valence-corrected chi connectivity index (χ3v) is 4.62. The molecule has 0 spiro atoms. The molecule has 1 aromatic carbocycles. The van der Waals surface area contributed by atoms with Gasteiger partial charge in [-0.25, -0.2) is 9.37 Å². The van der Waals surface area contributed by atoms with E-state index in [0.717, 1.165) is 37.2 Å². The molecule has 1 saturated heterocycles. The van der Waals surface area contributed by atoms with Crippen LogP contribution in [-0.2, 0) is 4.79 Å². The molecule has 0 atom stereocenters. The van der Waals surface area contributed by atoms with Crippen LogP contribution in [0.15, 0.2) is 35.6 Å². The van der Waals surface area contributed by atoms with Gasteiger partial charge in [0.1, 0.15) is 5.82 Å². The van der Waals surface area contributed by atoms with Crippen LogP contribution in [0.5, 0.6) is 0 Å². The number of rotatable bonds is 4. The third kappa shape index (κ3) is 4.72. The molecule has 1 aliphatic heterocycles. The summed E-state index contributed by atoms with van der Waals surface area (Å²) in [5.41, 5.74) is 1.70. The highest BCUT2D eigenvalue weighted by atomic mass is 35.5. The summed E-state index contributed by atoms with van der Waals surface area (Å²) in [5.74, 6) is 0.311. The largest absolute Gasteiger partial charge is 1.00 e. The maximum absolute atomic E-state index is 12.9. The number of amides is 1. The molecule has 1 amide bonds. The van der Waals surface area contributed by atoms with E-state index in [2.05, 4.69) is 9.97 Å². The smallest absolute Gasteiger partial charge is 0.233 e. The molecule has 0 aliphatic carbocycles. The minimum absolute atomic E-state index is 0. The van der Waals surface area contributed by atoms with Crippen LogP contribution in [0.4, 0.5) is 4.39 Å². The monoisotopic (exact) mass is 354 g/mol. The van der Waals surface area contributed by atoms with E-state index in [1.807, 2.05) is 4.90 Å². The number of carbonyl (C=O) groups is 1. The predicted molar refractivity (Wildman–Crippen MR) is 85.1 cm³/mol. The van der Waals surface area contributed by atoms with Gasteiger partial charge in [0.2, 0.25) is 5.91 Å². The third-order valence-electron chi connectivity index (χ3n) is 3.75. The quantitative estimate of drug-likeness (QED) is 0.805. The number of carbonyl (C=O) groups excluding carboxylic acids is 1. The summed E-state index contributed by atoms with van der Waals surface area (Å²) in [5, 5.41) is 0.713. The van der Waals surface area contributed by atoms with E-state index in [9.17, 15) is 9.18 Å². The Bertz CT molecular complexity index is 641. The number of hydrogen-bond donors (Lipinski definition) is 1. The van der Waals surface area contributed by atoms with Crippen molar-refractivity contribution in [3.8, 4) is 11.3 Å². The van der Waals surface area contributed by atoms with Crippen LogP contribution in [-0.4, -0.2) is 39.6 Å². The van der Waals surface area contributed by atoms with Crippen LogP contribution in [0.25, 0.3) is 11.3 Å². The number of benzene rings is 1. The van der Waals surface area contributed by atoms with Crippen LogP contribution >= 0.6 is 11.8 Å². The van der Waals surface area contributed by atoms with E-state index in [1.54, 1.807) is 18.3 Å². The van der Waals surface area contributed by atoms with Gasteiger partial charge in [0.25, 0.3) is 0 Å². The second kappa shape index (κ2) is 8.36. The fraction of sp³-hybridized carbons (Fsp3) is 0.375. The number of halogens is 2. The topological polar surface area (TPSA) is 49.0 Å². The Kier molecular flexibility index (Phi) is 6.47. The lowest BCUT2D eigenvalue weighted by Gasteiger charge is -2.26. The first kappa shape index (κ1) is 17.8. The summed E-state index contributed by atoms with van der Waals surface area (Å²) < 4.78 is 12.9. The van der Waals surface area contributed by atoms with Gasteiger partial charge in [-0.15, -0.1) is 0 Å². The van der Waals surface area contributed by atoms with Gasteiger partial charge in [-0.2, -0.15) is 0 Å². The molecule has 0 saturated carbocycles. The molecule has 7 heteroatoms. The van der Waals surface area contributed by atoms with Crippen molar-refractivity contribution < 1.29 is 21.6 Å². The highest BCUT2D eigenvalue weighted by molar-refractivity contribution is 7.99. The summed E-state index contributed by atoms with van der Waals surface area (Å²) in [4.78, 5) is 21.5. The minimum Gasteiger partial charge on any atom is -1.00 e. The first-order valence-electron chi connectivity index (χ1n) is 7.44. The van der Waals surface area contributed by atoms with Crippen LogP contribution < -0.4 is 12.4 Å². The van der Waals surface area contributed by atoms with E-state index in [1.165, 1.54) is 30.3 Å². The lowest BCUT2D eigenvalue weighted by Crippen LogP contribution is -3.00. The Morgan fingerprint density at radius 2 is 1.91 bits per heavy atom. The summed E-state index contributed by atoms with van der Waals surface area (Å²) in [7, 11) is 0. The average molecular weight is 355 g/mol. The zero-order valence-electron chi connectivity index (χ0n) is 12.6. The second-order valence-corrected chi connectivity index (χ2v) is 6.30. The zero-order valence-corrected chi connectivity index (χ0v) is 14.2. The normalized spacial score (nSPS) is 14.4. The average Bonchev–Trinajstić information content (AvgIpc) is 3.03. The molecule has 4 nitrogen and oxygen atoms in total. The second-order valence-electron chi connectivity index (χ2n) is 5.34. The molecule has 124 valence electrons. The lowest BCUT2D eigenvalue weighted by atomic mass is 10.1. The van der Waals surface area contributed by atoms with E-state index in [-0.39, 0.29) is 24.1 Å². The maximum atomic E-state index is 12.9. The Hall–Kier alpha value is -1.53. The molecular formula is C16H18ClFN3OS-. The number of H-pyrrole nitrogens is 1. The van der Waals surface area contributed by atoms with E-state index < -0.39 is 0 Å². The van der Waals surface area contributed by atoms with Crippen molar-refractivity contribution in [2.75, 3.05) is 18.8 Å². The molecule has 1 fully saturated rings. The Balaban J connectivity index is 0.00000192. The van der Waals surface area contributed by atoms with Gasteiger partial charge in [-0.3, -0.25) is 4.79 Å². The van der Waals surface area contributed by atoms with Crippen molar-refractivity contribution in [2.45, 2.75) is 24.4 Å². The zero-order chi connectivity index (χ0) is 15.4. The molecule has 0 unspecified atom stereocenters. The number of aromatic amines is 1. The van der Waals surface area contributed by atoms with Crippen LogP contribution in [0.3, 0.4) is 0 Å². The molecule has 2 aromatic rings. The van der Waals surface area contributed by atoms with Gasteiger partial charge in [0, 0.05) is 13.1 Å².